The Morgan fingerprint density at radius 2 is 2.09 bits per heavy atom. The summed E-state index contributed by atoms with van der Waals surface area (Å²) in [5.74, 6) is 0.698. The quantitative estimate of drug-likeness (QED) is 0.562. The van der Waals surface area contributed by atoms with E-state index in [0.29, 0.717) is 5.96 Å². The van der Waals surface area contributed by atoms with E-state index in [9.17, 15) is 0 Å². The van der Waals surface area contributed by atoms with Gasteiger partial charge >= 0.3 is 0 Å². The minimum absolute atomic E-state index is 0.119. The Balaban J connectivity index is 2.71. The maximum atomic E-state index is 5.74. The first kappa shape index (κ1) is 8.37. The highest BCUT2D eigenvalue weighted by Crippen LogP contribution is 2.15. The second kappa shape index (κ2) is 2.72. The zero-order valence-electron chi connectivity index (χ0n) is 7.59. The van der Waals surface area contributed by atoms with Crippen molar-refractivity contribution < 1.29 is 0 Å². The van der Waals surface area contributed by atoms with Gasteiger partial charge in [-0.05, 0) is 27.2 Å². The molecule has 2 N–H and O–H groups in total. The molecule has 0 atom stereocenters. The van der Waals surface area contributed by atoms with Crippen LogP contribution in [0.4, 0.5) is 0 Å². The van der Waals surface area contributed by atoms with E-state index < -0.39 is 0 Å². The van der Waals surface area contributed by atoms with Crippen molar-refractivity contribution in [3.05, 3.63) is 0 Å². The van der Waals surface area contributed by atoms with Crippen molar-refractivity contribution in [2.45, 2.75) is 32.7 Å². The molecule has 0 unspecified atom stereocenters. The lowest BCUT2D eigenvalue weighted by Crippen LogP contribution is -2.51. The number of guanidine groups is 1. The van der Waals surface area contributed by atoms with Gasteiger partial charge in [0.25, 0.3) is 0 Å². The molecular formula is C8H17N3. The largest absolute Gasteiger partial charge is 0.370 e. The fourth-order valence-electron chi connectivity index (χ4n) is 1.30. The molecule has 64 valence electrons. The van der Waals surface area contributed by atoms with Gasteiger partial charge in [0, 0.05) is 18.6 Å². The Morgan fingerprint density at radius 1 is 1.45 bits per heavy atom. The van der Waals surface area contributed by atoms with Crippen molar-refractivity contribution in [2.24, 2.45) is 10.7 Å². The van der Waals surface area contributed by atoms with Gasteiger partial charge in [0.05, 0.1) is 0 Å². The van der Waals surface area contributed by atoms with Gasteiger partial charge in [-0.15, -0.1) is 0 Å². The molecule has 1 rings (SSSR count). The lowest BCUT2D eigenvalue weighted by molar-refractivity contribution is 0.224. The number of nitrogens with two attached hydrogens (primary N) is 1. The molecule has 0 bridgehead atoms. The first-order chi connectivity index (χ1) is 5.02. The van der Waals surface area contributed by atoms with Gasteiger partial charge in [-0.25, -0.2) is 0 Å². The third kappa shape index (κ3) is 1.85. The van der Waals surface area contributed by atoms with E-state index in [1.165, 1.54) is 0 Å². The standard InChI is InChI=1S/C8H17N3/c1-8(2,3)11-6-4-5-10-7(11)9/h4-6H2,1-3H3,(H2,9,10). The highest BCUT2D eigenvalue weighted by Gasteiger charge is 2.24. The molecule has 0 radical (unpaired) electrons. The van der Waals surface area contributed by atoms with Crippen LogP contribution in [0.15, 0.2) is 4.99 Å². The maximum Gasteiger partial charge on any atom is 0.191 e. The molecule has 0 saturated heterocycles. The van der Waals surface area contributed by atoms with Crippen LogP contribution in [0.25, 0.3) is 0 Å². The summed E-state index contributed by atoms with van der Waals surface area (Å²) in [5.41, 5.74) is 5.86. The predicted octanol–water partition coefficient (Wildman–Crippen LogP) is 0.805. The van der Waals surface area contributed by atoms with Crippen molar-refractivity contribution in [1.82, 2.24) is 4.90 Å². The molecule has 0 fully saturated rings. The van der Waals surface area contributed by atoms with Gasteiger partial charge in [-0.2, -0.15) is 0 Å². The van der Waals surface area contributed by atoms with Crippen LogP contribution in [-0.4, -0.2) is 29.5 Å². The monoisotopic (exact) mass is 155 g/mol. The third-order valence-electron chi connectivity index (χ3n) is 1.90. The molecule has 0 aromatic carbocycles. The van der Waals surface area contributed by atoms with E-state index in [-0.39, 0.29) is 5.54 Å². The highest BCUT2D eigenvalue weighted by molar-refractivity contribution is 5.79. The average molecular weight is 155 g/mol. The predicted molar refractivity (Wildman–Crippen MR) is 47.6 cm³/mol. The molecule has 0 spiro atoms. The van der Waals surface area contributed by atoms with Crippen molar-refractivity contribution in [3.63, 3.8) is 0 Å². The highest BCUT2D eigenvalue weighted by atomic mass is 15.3. The smallest absolute Gasteiger partial charge is 0.191 e. The van der Waals surface area contributed by atoms with E-state index >= 15 is 0 Å². The fourth-order valence-corrected chi connectivity index (χ4v) is 1.30. The van der Waals surface area contributed by atoms with E-state index in [2.05, 4.69) is 30.7 Å². The molecule has 11 heavy (non-hydrogen) atoms. The van der Waals surface area contributed by atoms with Crippen LogP contribution in [0.2, 0.25) is 0 Å². The lowest BCUT2D eigenvalue weighted by Gasteiger charge is -2.38. The zero-order valence-corrected chi connectivity index (χ0v) is 7.59. The van der Waals surface area contributed by atoms with Crippen LogP contribution >= 0.6 is 0 Å². The molecule has 0 aromatic rings. The third-order valence-corrected chi connectivity index (χ3v) is 1.90. The van der Waals surface area contributed by atoms with Gasteiger partial charge in [0.2, 0.25) is 0 Å². The minimum atomic E-state index is 0.119. The Morgan fingerprint density at radius 3 is 2.45 bits per heavy atom. The molecule has 3 nitrogen and oxygen atoms in total. The maximum absolute atomic E-state index is 5.74. The molecule has 0 amide bonds. The van der Waals surface area contributed by atoms with Crippen LogP contribution in [0, 0.1) is 0 Å². The second-order valence-corrected chi connectivity index (χ2v) is 3.92. The Hall–Kier alpha value is -0.730. The molecule has 0 aromatic heterocycles. The van der Waals surface area contributed by atoms with Crippen molar-refractivity contribution >= 4 is 5.96 Å². The molecular weight excluding hydrogens is 138 g/mol. The van der Waals surface area contributed by atoms with Crippen LogP contribution in [0.5, 0.6) is 0 Å². The zero-order chi connectivity index (χ0) is 8.48. The first-order valence-corrected chi connectivity index (χ1v) is 4.09. The Kier molecular flexibility index (Phi) is 2.07. The van der Waals surface area contributed by atoms with E-state index in [1.54, 1.807) is 0 Å². The number of rotatable bonds is 0. The average Bonchev–Trinajstić information content (AvgIpc) is 1.86. The molecule has 1 aliphatic rings. The Labute approximate surface area is 68.3 Å². The van der Waals surface area contributed by atoms with Crippen LogP contribution in [0.1, 0.15) is 27.2 Å². The summed E-state index contributed by atoms with van der Waals surface area (Å²) >= 11 is 0. The van der Waals surface area contributed by atoms with E-state index in [1.807, 2.05) is 0 Å². The minimum Gasteiger partial charge on any atom is -0.370 e. The van der Waals surface area contributed by atoms with Gasteiger partial charge in [0.15, 0.2) is 5.96 Å². The molecule has 1 heterocycles. The fraction of sp³-hybridized carbons (Fsp3) is 0.875. The van der Waals surface area contributed by atoms with Crippen molar-refractivity contribution in [3.8, 4) is 0 Å². The normalized spacial score (nSPS) is 19.9. The van der Waals surface area contributed by atoms with E-state index in [4.69, 9.17) is 5.73 Å². The molecule has 1 aliphatic heterocycles. The summed E-state index contributed by atoms with van der Waals surface area (Å²) in [6.45, 7) is 8.39. The summed E-state index contributed by atoms with van der Waals surface area (Å²) in [7, 11) is 0. The van der Waals surface area contributed by atoms with Crippen LogP contribution in [-0.2, 0) is 0 Å². The van der Waals surface area contributed by atoms with Gasteiger partial charge < -0.3 is 10.6 Å². The van der Waals surface area contributed by atoms with Gasteiger partial charge in [-0.3, -0.25) is 4.99 Å². The summed E-state index contributed by atoms with van der Waals surface area (Å²) < 4.78 is 0. The molecule has 0 saturated carbocycles. The SMILES string of the molecule is CC(C)(C)N1CCCN=C1N. The van der Waals surface area contributed by atoms with Gasteiger partial charge in [-0.1, -0.05) is 0 Å². The van der Waals surface area contributed by atoms with Crippen LogP contribution < -0.4 is 5.73 Å². The van der Waals surface area contributed by atoms with E-state index in [0.717, 1.165) is 19.5 Å². The topological polar surface area (TPSA) is 41.6 Å². The van der Waals surface area contributed by atoms with Crippen molar-refractivity contribution in [2.75, 3.05) is 13.1 Å². The molecule has 3 heteroatoms. The number of hydrogen-bond acceptors (Lipinski definition) is 3. The van der Waals surface area contributed by atoms with Crippen LogP contribution in [0.3, 0.4) is 0 Å². The summed E-state index contributed by atoms with van der Waals surface area (Å²) in [5, 5.41) is 0. The molecule has 0 aliphatic carbocycles. The number of nitrogens with zero attached hydrogens (tertiary/aromatic N) is 2. The lowest BCUT2D eigenvalue weighted by atomic mass is 10.1. The number of hydrogen-bond donors (Lipinski definition) is 1. The number of aliphatic imine (C=N–C) groups is 1. The first-order valence-electron chi connectivity index (χ1n) is 4.09. The Bertz CT molecular complexity index is 167. The van der Waals surface area contributed by atoms with Gasteiger partial charge in [0.1, 0.15) is 0 Å². The summed E-state index contributed by atoms with van der Waals surface area (Å²) in [6, 6.07) is 0. The second-order valence-electron chi connectivity index (χ2n) is 3.92. The van der Waals surface area contributed by atoms with Crippen molar-refractivity contribution in [1.29, 1.82) is 0 Å². The summed E-state index contributed by atoms with van der Waals surface area (Å²) in [6.07, 6.45) is 1.12. The summed E-state index contributed by atoms with van der Waals surface area (Å²) in [4.78, 5) is 6.35.